The lowest BCUT2D eigenvalue weighted by Gasteiger charge is -2.23. The van der Waals surface area contributed by atoms with Gasteiger partial charge in [0.1, 0.15) is 12.4 Å². The first-order valence-corrected chi connectivity index (χ1v) is 7.72. The summed E-state index contributed by atoms with van der Waals surface area (Å²) in [5.74, 6) is -1.56. The van der Waals surface area contributed by atoms with Crippen LogP contribution in [0, 0.1) is 17.6 Å². The number of carbonyl (C=O) groups is 1. The van der Waals surface area contributed by atoms with Crippen LogP contribution in [0.5, 0.6) is 5.75 Å². The van der Waals surface area contributed by atoms with Crippen molar-refractivity contribution in [3.8, 4) is 5.75 Å². The van der Waals surface area contributed by atoms with Gasteiger partial charge in [0, 0.05) is 25.6 Å². The number of hydrogen-bond donors (Lipinski definition) is 2. The van der Waals surface area contributed by atoms with E-state index in [0.717, 1.165) is 31.4 Å². The second-order valence-electron chi connectivity index (χ2n) is 5.80. The molecular formula is C16H22F2N2O3. The predicted molar refractivity (Wildman–Crippen MR) is 81.2 cm³/mol. The number of ether oxygens (including phenoxy) is 1. The number of urea groups is 1. The average molecular weight is 328 g/mol. The van der Waals surface area contributed by atoms with Crippen LogP contribution in [0.4, 0.5) is 13.6 Å². The van der Waals surface area contributed by atoms with E-state index in [-0.39, 0.29) is 37.0 Å². The van der Waals surface area contributed by atoms with Crippen molar-refractivity contribution in [2.45, 2.75) is 25.4 Å². The Balaban J connectivity index is 1.66. The van der Waals surface area contributed by atoms with E-state index in [1.54, 1.807) is 7.05 Å². The standard InChI is InChI=1S/C16H22F2N2O3/c1-20(10-11-3-2-4-15(11)21)16(22)19-7-8-23-12-5-6-13(17)14(18)9-12/h5-6,9,11,15,21H,2-4,7-8,10H2,1H3,(H,19,22). The molecule has 0 heterocycles. The molecule has 1 aromatic carbocycles. The van der Waals surface area contributed by atoms with Crippen LogP contribution in [0.3, 0.4) is 0 Å². The number of nitrogens with one attached hydrogen (secondary N) is 1. The summed E-state index contributed by atoms with van der Waals surface area (Å²) in [6, 6.07) is 3.03. The minimum absolute atomic E-state index is 0.129. The van der Waals surface area contributed by atoms with E-state index in [2.05, 4.69) is 5.32 Å². The van der Waals surface area contributed by atoms with Crippen LogP contribution in [0.25, 0.3) is 0 Å². The lowest BCUT2D eigenvalue weighted by molar-refractivity contribution is 0.113. The predicted octanol–water partition coefficient (Wildman–Crippen LogP) is 2.15. The van der Waals surface area contributed by atoms with E-state index in [1.807, 2.05) is 0 Å². The van der Waals surface area contributed by atoms with Crippen LogP contribution in [-0.2, 0) is 0 Å². The first-order valence-electron chi connectivity index (χ1n) is 7.72. The van der Waals surface area contributed by atoms with Crippen LogP contribution in [0.2, 0.25) is 0 Å². The molecule has 2 unspecified atom stereocenters. The summed E-state index contributed by atoms with van der Waals surface area (Å²) in [7, 11) is 1.68. The van der Waals surface area contributed by atoms with Crippen LogP contribution in [0.15, 0.2) is 18.2 Å². The molecule has 0 aromatic heterocycles. The number of aliphatic hydroxyl groups excluding tert-OH is 1. The third kappa shape index (κ3) is 5.06. The van der Waals surface area contributed by atoms with E-state index in [0.29, 0.717) is 6.54 Å². The Morgan fingerprint density at radius 3 is 2.83 bits per heavy atom. The highest BCUT2D eigenvalue weighted by Crippen LogP contribution is 2.25. The minimum Gasteiger partial charge on any atom is -0.492 e. The molecule has 1 aliphatic rings. The minimum atomic E-state index is -0.971. The third-order valence-electron chi connectivity index (χ3n) is 4.01. The maximum Gasteiger partial charge on any atom is 0.317 e. The van der Waals surface area contributed by atoms with Gasteiger partial charge in [0.15, 0.2) is 11.6 Å². The highest BCUT2D eigenvalue weighted by atomic mass is 19.2. The normalized spacial score (nSPS) is 20.3. The molecule has 1 saturated carbocycles. The summed E-state index contributed by atoms with van der Waals surface area (Å²) in [6.45, 7) is 0.906. The summed E-state index contributed by atoms with van der Waals surface area (Å²) >= 11 is 0. The molecule has 128 valence electrons. The monoisotopic (exact) mass is 328 g/mol. The number of benzene rings is 1. The molecule has 5 nitrogen and oxygen atoms in total. The van der Waals surface area contributed by atoms with Gasteiger partial charge < -0.3 is 20.1 Å². The Morgan fingerprint density at radius 2 is 2.17 bits per heavy atom. The van der Waals surface area contributed by atoms with E-state index >= 15 is 0 Å². The smallest absolute Gasteiger partial charge is 0.317 e. The number of carbonyl (C=O) groups excluding carboxylic acids is 1. The number of hydrogen-bond acceptors (Lipinski definition) is 3. The molecule has 23 heavy (non-hydrogen) atoms. The van der Waals surface area contributed by atoms with Gasteiger partial charge in [-0.05, 0) is 25.0 Å². The molecular weight excluding hydrogens is 306 g/mol. The molecule has 0 bridgehead atoms. The van der Waals surface area contributed by atoms with Gasteiger partial charge in [0.25, 0.3) is 0 Å². The van der Waals surface area contributed by atoms with Crippen LogP contribution < -0.4 is 10.1 Å². The number of halogens is 2. The first kappa shape index (κ1) is 17.5. The van der Waals surface area contributed by atoms with Crippen molar-refractivity contribution in [2.75, 3.05) is 26.7 Å². The molecule has 1 aliphatic carbocycles. The molecule has 1 fully saturated rings. The quantitative estimate of drug-likeness (QED) is 0.787. The zero-order valence-electron chi connectivity index (χ0n) is 13.1. The van der Waals surface area contributed by atoms with Gasteiger partial charge >= 0.3 is 6.03 Å². The van der Waals surface area contributed by atoms with Crippen LogP contribution in [-0.4, -0.2) is 48.9 Å². The summed E-state index contributed by atoms with van der Waals surface area (Å²) in [4.78, 5) is 13.5. The fourth-order valence-corrected chi connectivity index (χ4v) is 2.69. The molecule has 2 amide bonds. The number of nitrogens with zero attached hydrogens (tertiary/aromatic N) is 1. The Morgan fingerprint density at radius 1 is 1.39 bits per heavy atom. The third-order valence-corrected chi connectivity index (χ3v) is 4.01. The van der Waals surface area contributed by atoms with Crippen molar-refractivity contribution in [3.05, 3.63) is 29.8 Å². The summed E-state index contributed by atoms with van der Waals surface area (Å²) in [5, 5.41) is 12.4. The van der Waals surface area contributed by atoms with Crippen LogP contribution >= 0.6 is 0 Å². The number of amides is 2. The van der Waals surface area contributed by atoms with E-state index in [1.165, 1.54) is 11.0 Å². The molecule has 2 rings (SSSR count). The Bertz CT molecular complexity index is 542. The second-order valence-corrected chi connectivity index (χ2v) is 5.80. The lowest BCUT2D eigenvalue weighted by Crippen LogP contribution is -2.42. The van der Waals surface area contributed by atoms with E-state index < -0.39 is 11.6 Å². The molecule has 2 atom stereocenters. The van der Waals surface area contributed by atoms with E-state index in [9.17, 15) is 18.7 Å². The maximum absolute atomic E-state index is 13.0. The van der Waals surface area contributed by atoms with Crippen LogP contribution in [0.1, 0.15) is 19.3 Å². The summed E-state index contributed by atoms with van der Waals surface area (Å²) in [6.07, 6.45) is 2.38. The number of aliphatic hydroxyl groups is 1. The fraction of sp³-hybridized carbons (Fsp3) is 0.562. The van der Waals surface area contributed by atoms with Gasteiger partial charge in [0.2, 0.25) is 0 Å². The van der Waals surface area contributed by atoms with Crippen molar-refractivity contribution in [2.24, 2.45) is 5.92 Å². The Hall–Kier alpha value is -1.89. The SMILES string of the molecule is CN(CC1CCCC1O)C(=O)NCCOc1ccc(F)c(F)c1. The van der Waals surface area contributed by atoms with Gasteiger partial charge in [-0.25, -0.2) is 13.6 Å². The van der Waals surface area contributed by atoms with Crippen molar-refractivity contribution >= 4 is 6.03 Å². The van der Waals surface area contributed by atoms with Gasteiger partial charge in [0.05, 0.1) is 12.6 Å². The zero-order chi connectivity index (χ0) is 16.8. The van der Waals surface area contributed by atoms with Crippen molar-refractivity contribution in [1.29, 1.82) is 0 Å². The van der Waals surface area contributed by atoms with Gasteiger partial charge in [-0.15, -0.1) is 0 Å². The molecule has 0 saturated heterocycles. The topological polar surface area (TPSA) is 61.8 Å². The maximum atomic E-state index is 13.0. The van der Waals surface area contributed by atoms with Gasteiger partial charge in [-0.3, -0.25) is 0 Å². The molecule has 0 aliphatic heterocycles. The van der Waals surface area contributed by atoms with Crippen molar-refractivity contribution < 1.29 is 23.4 Å². The van der Waals surface area contributed by atoms with Crippen molar-refractivity contribution in [1.82, 2.24) is 10.2 Å². The van der Waals surface area contributed by atoms with Crippen molar-refractivity contribution in [3.63, 3.8) is 0 Å². The average Bonchev–Trinajstić information content (AvgIpc) is 2.92. The largest absolute Gasteiger partial charge is 0.492 e. The zero-order valence-corrected chi connectivity index (χ0v) is 13.1. The molecule has 0 spiro atoms. The number of rotatable bonds is 6. The molecule has 1 aromatic rings. The van der Waals surface area contributed by atoms with E-state index in [4.69, 9.17) is 4.74 Å². The van der Waals surface area contributed by atoms with Gasteiger partial charge in [-0.1, -0.05) is 6.42 Å². The highest BCUT2D eigenvalue weighted by Gasteiger charge is 2.27. The molecule has 0 radical (unpaired) electrons. The fourth-order valence-electron chi connectivity index (χ4n) is 2.69. The Labute approximate surface area is 134 Å². The Kier molecular flexibility index (Phi) is 6.15. The van der Waals surface area contributed by atoms with Gasteiger partial charge in [-0.2, -0.15) is 0 Å². The first-order chi connectivity index (χ1) is 11.0. The summed E-state index contributed by atoms with van der Waals surface area (Å²) < 4.78 is 31.0. The molecule has 2 N–H and O–H groups in total. The second kappa shape index (κ2) is 8.10. The molecule has 7 heteroatoms. The summed E-state index contributed by atoms with van der Waals surface area (Å²) in [5.41, 5.74) is 0. The lowest BCUT2D eigenvalue weighted by atomic mass is 10.1. The highest BCUT2D eigenvalue weighted by molar-refractivity contribution is 5.73.